The molecule has 2 aliphatic rings. The molecule has 1 aromatic carbocycles. The zero-order valence-electron chi connectivity index (χ0n) is 19.3. The molecule has 38 heavy (non-hydrogen) atoms. The lowest BCUT2D eigenvalue weighted by molar-refractivity contribution is -0.154. The largest absolute Gasteiger partial charge is 0.481 e. The van der Waals surface area contributed by atoms with Gasteiger partial charge in [0.2, 0.25) is 0 Å². The van der Waals surface area contributed by atoms with E-state index in [1.54, 1.807) is 0 Å². The number of carbonyl (C=O) groups is 4. The van der Waals surface area contributed by atoms with Crippen molar-refractivity contribution < 1.29 is 49.1 Å². The summed E-state index contributed by atoms with van der Waals surface area (Å²) in [6.07, 6.45) is -1.82. The van der Waals surface area contributed by atoms with Crippen LogP contribution in [0.5, 0.6) is 11.5 Å². The van der Waals surface area contributed by atoms with Crippen LogP contribution in [0.15, 0.2) is 20.4 Å². The summed E-state index contributed by atoms with van der Waals surface area (Å²) in [5, 5.41) is 51.4. The van der Waals surface area contributed by atoms with Crippen molar-refractivity contribution in [1.82, 2.24) is 0 Å². The van der Waals surface area contributed by atoms with Crippen LogP contribution < -0.4 is 21.2 Å². The summed E-state index contributed by atoms with van der Waals surface area (Å²) in [5.74, 6) is -1.61. The topological polar surface area (TPSA) is 317 Å². The third-order valence-corrected chi connectivity index (χ3v) is 6.56. The van der Waals surface area contributed by atoms with Gasteiger partial charge in [0.25, 0.3) is 0 Å². The smallest absolute Gasteiger partial charge is 0.357 e. The molecule has 4 atom stereocenters. The van der Waals surface area contributed by atoms with Gasteiger partial charge in [0.05, 0.1) is 23.7 Å². The molecule has 0 radical (unpaired) electrons. The first-order chi connectivity index (χ1) is 18.0. The number of benzene rings is 1. The average molecular weight is 534 g/mol. The van der Waals surface area contributed by atoms with Gasteiger partial charge in [-0.1, -0.05) is 10.2 Å². The normalized spacial score (nSPS) is 22.8. The molecule has 0 aliphatic heterocycles. The summed E-state index contributed by atoms with van der Waals surface area (Å²) < 4.78 is 11.2. The number of aliphatic carboxylic acids is 4. The Morgan fingerprint density at radius 1 is 0.605 bits per heavy atom. The predicted molar refractivity (Wildman–Crippen MR) is 121 cm³/mol. The highest BCUT2D eigenvalue weighted by Gasteiger charge is 2.46. The Morgan fingerprint density at radius 2 is 0.842 bits per heavy atom. The Hall–Kier alpha value is -5.16. The van der Waals surface area contributed by atoms with Crippen LogP contribution in [0.1, 0.15) is 22.3 Å². The fourth-order valence-electron chi connectivity index (χ4n) is 4.85. The zero-order chi connectivity index (χ0) is 28.3. The summed E-state index contributed by atoms with van der Waals surface area (Å²) in [5.41, 5.74) is 14.6. The lowest BCUT2D eigenvalue weighted by atomic mass is 9.69. The van der Waals surface area contributed by atoms with Gasteiger partial charge in [0.1, 0.15) is 11.5 Å². The van der Waals surface area contributed by atoms with Crippen LogP contribution in [0.4, 0.5) is 0 Å². The van der Waals surface area contributed by atoms with Crippen LogP contribution in [0, 0.1) is 34.7 Å². The van der Waals surface area contributed by atoms with Crippen molar-refractivity contribution in [3.63, 3.8) is 0 Å². The van der Waals surface area contributed by atoms with Crippen molar-refractivity contribution in [2.45, 2.75) is 25.7 Å². The van der Waals surface area contributed by atoms with E-state index in [0.29, 0.717) is 0 Å². The number of hydrogen-bond donors (Lipinski definition) is 8. The monoisotopic (exact) mass is 534 g/mol. The third kappa shape index (κ3) is 4.90. The molecule has 202 valence electrons. The molecule has 4 unspecified atom stereocenters. The summed E-state index contributed by atoms with van der Waals surface area (Å²) in [4.78, 5) is 47.9. The Bertz CT molecular complexity index is 1130. The molecule has 0 amide bonds. The lowest BCUT2D eigenvalue weighted by Gasteiger charge is -2.36. The number of fused-ring (bicyclic) bond motifs is 2. The van der Waals surface area contributed by atoms with E-state index in [1.165, 1.54) is 0 Å². The van der Waals surface area contributed by atoms with Crippen molar-refractivity contribution in [3.05, 3.63) is 22.3 Å². The van der Waals surface area contributed by atoms with Crippen molar-refractivity contribution in [2.24, 2.45) is 55.8 Å². The first kappa shape index (κ1) is 27.4. The fourth-order valence-corrected chi connectivity index (χ4v) is 4.85. The Kier molecular flexibility index (Phi) is 7.83. The van der Waals surface area contributed by atoms with Crippen molar-refractivity contribution in [1.29, 1.82) is 11.1 Å². The van der Waals surface area contributed by atoms with Crippen LogP contribution in [-0.4, -0.2) is 56.3 Å². The predicted octanol–water partition coefficient (Wildman–Crippen LogP) is -0.0341. The molecule has 0 saturated carbocycles. The van der Waals surface area contributed by atoms with E-state index in [2.05, 4.69) is 20.4 Å². The van der Waals surface area contributed by atoms with Crippen LogP contribution in [0.3, 0.4) is 0 Å². The first-order valence-electron chi connectivity index (χ1n) is 10.8. The molecule has 18 heteroatoms. The second-order valence-electron chi connectivity index (χ2n) is 8.42. The van der Waals surface area contributed by atoms with Gasteiger partial charge in [-0.2, -0.15) is 11.1 Å². The molecule has 0 heterocycles. The number of hydrogen-bond acceptors (Lipinski definition) is 12. The maximum Gasteiger partial charge on any atom is 0.357 e. The number of nitrogens with two attached hydrogens (primary N) is 2. The molecule has 0 bridgehead atoms. The van der Waals surface area contributed by atoms with Crippen LogP contribution in [-0.2, 0) is 44.9 Å². The summed E-state index contributed by atoms with van der Waals surface area (Å²) in [7, 11) is 0. The maximum absolute atomic E-state index is 12.0. The van der Waals surface area contributed by atoms with E-state index >= 15 is 0 Å². The van der Waals surface area contributed by atoms with Gasteiger partial charge < -0.3 is 41.6 Å². The SMILES string of the molecule is N=NC(=NN)Oc1c2c(c(OC(N=N)=NN)c3c1CC(C(=O)O)C(C(=O)O)C3)CC(C(=O)O)C(C(=O)O)C2. The van der Waals surface area contributed by atoms with Crippen LogP contribution in [0.25, 0.3) is 0 Å². The Balaban J connectivity index is 2.44. The van der Waals surface area contributed by atoms with E-state index in [4.69, 9.17) is 32.2 Å². The second-order valence-corrected chi connectivity index (χ2v) is 8.42. The maximum atomic E-state index is 12.0. The van der Waals surface area contributed by atoms with Gasteiger partial charge in [-0.3, -0.25) is 19.2 Å². The third-order valence-electron chi connectivity index (χ3n) is 6.56. The minimum atomic E-state index is -1.46. The molecular formula is C20H22N8O10. The molecule has 0 saturated heterocycles. The van der Waals surface area contributed by atoms with Gasteiger partial charge in [-0.25, -0.2) is 0 Å². The highest BCUT2D eigenvalue weighted by atomic mass is 16.5. The molecule has 18 nitrogen and oxygen atoms in total. The fraction of sp³-hybridized carbons (Fsp3) is 0.400. The van der Waals surface area contributed by atoms with Crippen molar-refractivity contribution >= 4 is 35.9 Å². The number of amidine groups is 2. The minimum Gasteiger partial charge on any atom is -0.481 e. The summed E-state index contributed by atoms with van der Waals surface area (Å²) in [6, 6.07) is -1.40. The first-order valence-corrected chi connectivity index (χ1v) is 10.8. The van der Waals surface area contributed by atoms with E-state index in [0.717, 1.165) is 0 Å². The number of ether oxygens (including phenoxy) is 2. The van der Waals surface area contributed by atoms with Crippen molar-refractivity contribution in [2.75, 3.05) is 0 Å². The average Bonchev–Trinajstić information content (AvgIpc) is 2.88. The number of carboxylic acid groups (broad SMARTS) is 4. The molecule has 2 aliphatic carbocycles. The molecule has 0 spiro atoms. The minimum absolute atomic E-state index is 0.0488. The van der Waals surface area contributed by atoms with Crippen LogP contribution >= 0.6 is 0 Å². The summed E-state index contributed by atoms with van der Waals surface area (Å²) >= 11 is 0. The lowest BCUT2D eigenvalue weighted by Crippen LogP contribution is -2.40. The number of hydrazone groups is 2. The van der Waals surface area contributed by atoms with Gasteiger partial charge in [-0.15, -0.1) is 10.2 Å². The molecule has 3 rings (SSSR count). The molecule has 1 aromatic rings. The second kappa shape index (κ2) is 10.8. The zero-order valence-corrected chi connectivity index (χ0v) is 19.3. The van der Waals surface area contributed by atoms with Gasteiger partial charge >= 0.3 is 35.9 Å². The van der Waals surface area contributed by atoms with Gasteiger partial charge in [-0.05, 0) is 25.7 Å². The number of rotatable bonds is 6. The van der Waals surface area contributed by atoms with E-state index in [1.807, 2.05) is 0 Å². The molecular weight excluding hydrogens is 512 g/mol. The Morgan fingerprint density at radius 3 is 1.00 bits per heavy atom. The number of nitrogens with one attached hydrogen (secondary N) is 2. The van der Waals surface area contributed by atoms with E-state index in [-0.39, 0.29) is 33.8 Å². The molecule has 10 N–H and O–H groups in total. The number of nitrogens with zero attached hydrogens (tertiary/aromatic N) is 4. The Labute approximate surface area is 211 Å². The summed E-state index contributed by atoms with van der Waals surface area (Å²) in [6.45, 7) is 0. The van der Waals surface area contributed by atoms with Crippen LogP contribution in [0.2, 0.25) is 0 Å². The highest BCUT2D eigenvalue weighted by molar-refractivity contribution is 5.86. The van der Waals surface area contributed by atoms with E-state index in [9.17, 15) is 39.6 Å². The molecule has 0 fully saturated rings. The molecule has 0 aromatic heterocycles. The van der Waals surface area contributed by atoms with E-state index < -0.39 is 85.3 Å². The van der Waals surface area contributed by atoms with Crippen molar-refractivity contribution in [3.8, 4) is 11.5 Å². The van der Waals surface area contributed by atoms with Gasteiger partial charge in [0, 0.05) is 22.3 Å². The highest BCUT2D eigenvalue weighted by Crippen LogP contribution is 2.49. The standard InChI is InChI=1S/C20H22N8O10/c21-25-19(26-22)37-13-5-1-9(15(29)30)10(16(31)32)2-6(5)14(38-20(27-23)28-24)8-4-12(18(35)36)11(17(33)34)3-7(8)13/h9-12,21,23H,1-4,22,24H2,(H,29,30)(H,31,32)(H,33,34)(H,35,36). The quantitative estimate of drug-likeness (QED) is 0.0783. The van der Waals surface area contributed by atoms with Gasteiger partial charge in [0.15, 0.2) is 0 Å². The number of carboxylic acids is 4.